The Balaban J connectivity index is 2.36. The number of benzene rings is 1. The number of hydrogen-bond donors (Lipinski definition) is 2. The fourth-order valence-corrected chi connectivity index (χ4v) is 2.08. The van der Waals surface area contributed by atoms with E-state index in [1.165, 1.54) is 0 Å². The lowest BCUT2D eigenvalue weighted by Gasteiger charge is -2.20. The van der Waals surface area contributed by atoms with Crippen molar-refractivity contribution in [2.24, 2.45) is 17.6 Å². The largest absolute Gasteiger partial charge is 0.493 e. The van der Waals surface area contributed by atoms with E-state index >= 15 is 0 Å². The summed E-state index contributed by atoms with van der Waals surface area (Å²) in [6, 6.07) is 7.17. The first-order chi connectivity index (χ1) is 9.95. The fraction of sp³-hybridized carbons (Fsp3) is 0.562. The molecule has 0 fully saturated rings. The summed E-state index contributed by atoms with van der Waals surface area (Å²) in [5.41, 5.74) is 5.91. The SMILES string of the molecule is COc1ccccc1OCC[C@@H](C)C[C@H](N)C(C)C(=O)O. The topological polar surface area (TPSA) is 81.8 Å². The zero-order valence-electron chi connectivity index (χ0n) is 12.9. The molecule has 0 aliphatic heterocycles. The molecule has 21 heavy (non-hydrogen) atoms. The van der Waals surface area contributed by atoms with Crippen LogP contribution in [0.2, 0.25) is 0 Å². The molecule has 3 atom stereocenters. The van der Waals surface area contributed by atoms with E-state index in [9.17, 15) is 4.79 Å². The minimum Gasteiger partial charge on any atom is -0.493 e. The van der Waals surface area contributed by atoms with Gasteiger partial charge in [0.1, 0.15) is 0 Å². The average molecular weight is 295 g/mol. The number of carboxylic acids is 1. The van der Waals surface area contributed by atoms with E-state index in [4.69, 9.17) is 20.3 Å². The van der Waals surface area contributed by atoms with E-state index < -0.39 is 11.9 Å². The molecule has 0 aromatic heterocycles. The third kappa shape index (κ3) is 5.63. The normalized spacial score (nSPS) is 15.0. The van der Waals surface area contributed by atoms with Gasteiger partial charge in [0.15, 0.2) is 11.5 Å². The lowest BCUT2D eigenvalue weighted by Crippen LogP contribution is -2.35. The zero-order valence-corrected chi connectivity index (χ0v) is 12.9. The Bertz CT molecular complexity index is 450. The van der Waals surface area contributed by atoms with Crippen LogP contribution in [0.1, 0.15) is 26.7 Å². The third-order valence-electron chi connectivity index (χ3n) is 3.64. The van der Waals surface area contributed by atoms with Crippen molar-refractivity contribution in [3.63, 3.8) is 0 Å². The average Bonchev–Trinajstić information content (AvgIpc) is 2.46. The molecule has 0 radical (unpaired) electrons. The van der Waals surface area contributed by atoms with Gasteiger partial charge in [-0.3, -0.25) is 4.79 Å². The monoisotopic (exact) mass is 295 g/mol. The Labute approximate surface area is 126 Å². The van der Waals surface area contributed by atoms with Crippen molar-refractivity contribution in [3.05, 3.63) is 24.3 Å². The van der Waals surface area contributed by atoms with Crippen LogP contribution in [0.25, 0.3) is 0 Å². The summed E-state index contributed by atoms with van der Waals surface area (Å²) in [4.78, 5) is 10.9. The molecule has 1 rings (SSSR count). The van der Waals surface area contributed by atoms with Crippen LogP contribution < -0.4 is 15.2 Å². The van der Waals surface area contributed by atoms with Crippen LogP contribution >= 0.6 is 0 Å². The highest BCUT2D eigenvalue weighted by atomic mass is 16.5. The first kappa shape index (κ1) is 17.3. The highest BCUT2D eigenvalue weighted by Crippen LogP contribution is 2.26. The van der Waals surface area contributed by atoms with Crippen LogP contribution in [0.15, 0.2) is 24.3 Å². The summed E-state index contributed by atoms with van der Waals surface area (Å²) in [6.45, 7) is 4.25. The van der Waals surface area contributed by atoms with E-state index in [-0.39, 0.29) is 6.04 Å². The minimum atomic E-state index is -0.847. The molecule has 3 N–H and O–H groups in total. The molecule has 5 nitrogen and oxygen atoms in total. The summed E-state index contributed by atoms with van der Waals surface area (Å²) in [7, 11) is 1.61. The van der Waals surface area contributed by atoms with Gasteiger partial charge in [-0.15, -0.1) is 0 Å². The Morgan fingerprint density at radius 1 is 1.29 bits per heavy atom. The number of carbonyl (C=O) groups is 1. The van der Waals surface area contributed by atoms with Gasteiger partial charge in [-0.05, 0) is 30.9 Å². The summed E-state index contributed by atoms with van der Waals surface area (Å²) >= 11 is 0. The molecule has 0 saturated carbocycles. The number of hydrogen-bond acceptors (Lipinski definition) is 4. The van der Waals surface area contributed by atoms with E-state index in [2.05, 4.69) is 6.92 Å². The van der Waals surface area contributed by atoms with Gasteiger partial charge in [-0.25, -0.2) is 0 Å². The summed E-state index contributed by atoms with van der Waals surface area (Å²) in [5.74, 6) is 0.357. The Morgan fingerprint density at radius 3 is 2.48 bits per heavy atom. The number of para-hydroxylation sites is 2. The quantitative estimate of drug-likeness (QED) is 0.731. The van der Waals surface area contributed by atoms with Gasteiger partial charge in [0.05, 0.1) is 19.6 Å². The minimum absolute atomic E-state index is 0.302. The Kier molecular flexibility index (Phi) is 7.02. The van der Waals surface area contributed by atoms with E-state index in [1.54, 1.807) is 14.0 Å². The number of aliphatic carboxylic acids is 1. The molecule has 1 unspecified atom stereocenters. The second-order valence-electron chi connectivity index (χ2n) is 5.42. The van der Waals surface area contributed by atoms with Gasteiger partial charge < -0.3 is 20.3 Å². The standard InChI is InChI=1S/C16H25NO4/c1-11(10-13(17)12(2)16(18)19)8-9-21-15-7-5-4-6-14(15)20-3/h4-7,11-13H,8-10,17H2,1-3H3,(H,18,19)/t11-,12?,13+/m1/s1. The van der Waals surface area contributed by atoms with Crippen LogP contribution in [0.4, 0.5) is 0 Å². The third-order valence-corrected chi connectivity index (χ3v) is 3.64. The smallest absolute Gasteiger partial charge is 0.307 e. The molecule has 5 heteroatoms. The molecule has 0 spiro atoms. The van der Waals surface area contributed by atoms with Gasteiger partial charge >= 0.3 is 5.97 Å². The lowest BCUT2D eigenvalue weighted by molar-refractivity contribution is -0.141. The van der Waals surface area contributed by atoms with Crippen molar-refractivity contribution < 1.29 is 19.4 Å². The van der Waals surface area contributed by atoms with E-state index in [1.807, 2.05) is 24.3 Å². The van der Waals surface area contributed by atoms with Gasteiger partial charge in [0, 0.05) is 6.04 Å². The Morgan fingerprint density at radius 2 is 1.90 bits per heavy atom. The molecule has 1 aromatic rings. The first-order valence-corrected chi connectivity index (χ1v) is 7.20. The molecule has 1 aromatic carbocycles. The lowest BCUT2D eigenvalue weighted by atomic mass is 9.92. The fourth-order valence-electron chi connectivity index (χ4n) is 2.08. The zero-order chi connectivity index (χ0) is 15.8. The van der Waals surface area contributed by atoms with Crippen molar-refractivity contribution in [3.8, 4) is 11.5 Å². The van der Waals surface area contributed by atoms with Gasteiger partial charge in [-0.1, -0.05) is 26.0 Å². The summed E-state index contributed by atoms with van der Waals surface area (Å²) < 4.78 is 10.9. The van der Waals surface area contributed by atoms with Crippen LogP contribution in [0.3, 0.4) is 0 Å². The van der Waals surface area contributed by atoms with E-state index in [0.29, 0.717) is 24.7 Å². The molecule has 118 valence electrons. The summed E-state index contributed by atoms with van der Waals surface area (Å²) in [6.07, 6.45) is 1.49. The van der Waals surface area contributed by atoms with Gasteiger partial charge in [-0.2, -0.15) is 0 Å². The molecule has 0 aliphatic carbocycles. The molecule has 0 bridgehead atoms. The first-order valence-electron chi connectivity index (χ1n) is 7.20. The van der Waals surface area contributed by atoms with Gasteiger partial charge in [0.25, 0.3) is 0 Å². The van der Waals surface area contributed by atoms with Gasteiger partial charge in [0.2, 0.25) is 0 Å². The predicted molar refractivity (Wildman–Crippen MR) is 81.7 cm³/mol. The molecular formula is C16H25NO4. The second kappa shape index (κ2) is 8.52. The molecule has 0 amide bonds. The molecular weight excluding hydrogens is 270 g/mol. The molecule has 0 saturated heterocycles. The van der Waals surface area contributed by atoms with Crippen molar-refractivity contribution in [2.75, 3.05) is 13.7 Å². The maximum absolute atomic E-state index is 10.9. The number of carboxylic acid groups (broad SMARTS) is 1. The number of ether oxygens (including phenoxy) is 2. The van der Waals surface area contributed by atoms with Crippen LogP contribution in [0.5, 0.6) is 11.5 Å². The maximum atomic E-state index is 10.9. The Hall–Kier alpha value is -1.75. The second-order valence-corrected chi connectivity index (χ2v) is 5.42. The van der Waals surface area contributed by atoms with Crippen LogP contribution in [-0.4, -0.2) is 30.8 Å². The summed E-state index contributed by atoms with van der Waals surface area (Å²) in [5, 5.41) is 8.93. The van der Waals surface area contributed by atoms with Crippen molar-refractivity contribution in [1.82, 2.24) is 0 Å². The number of nitrogens with two attached hydrogens (primary N) is 1. The van der Waals surface area contributed by atoms with Crippen LogP contribution in [-0.2, 0) is 4.79 Å². The van der Waals surface area contributed by atoms with Crippen molar-refractivity contribution >= 4 is 5.97 Å². The number of rotatable bonds is 9. The maximum Gasteiger partial charge on any atom is 0.307 e. The van der Waals surface area contributed by atoms with Crippen LogP contribution in [0, 0.1) is 11.8 Å². The number of methoxy groups -OCH3 is 1. The molecule has 0 aliphatic rings. The highest BCUT2D eigenvalue weighted by molar-refractivity contribution is 5.70. The van der Waals surface area contributed by atoms with E-state index in [0.717, 1.165) is 12.2 Å². The van der Waals surface area contributed by atoms with Crippen molar-refractivity contribution in [1.29, 1.82) is 0 Å². The molecule has 0 heterocycles. The van der Waals surface area contributed by atoms with Crippen molar-refractivity contribution in [2.45, 2.75) is 32.7 Å². The highest BCUT2D eigenvalue weighted by Gasteiger charge is 2.21. The predicted octanol–water partition coefficient (Wildman–Crippen LogP) is 2.54.